The van der Waals surface area contributed by atoms with Crippen molar-refractivity contribution < 1.29 is 4.74 Å². The quantitative estimate of drug-likeness (QED) is 0.916. The molecule has 0 radical (unpaired) electrons. The van der Waals surface area contributed by atoms with Crippen molar-refractivity contribution in [3.63, 3.8) is 0 Å². The molecule has 1 saturated heterocycles. The molecule has 0 bridgehead atoms. The van der Waals surface area contributed by atoms with Crippen LogP contribution in [0.5, 0.6) is 0 Å². The molecule has 1 aliphatic carbocycles. The average molecular weight is 278 g/mol. The van der Waals surface area contributed by atoms with E-state index in [2.05, 4.69) is 29.4 Å². The zero-order chi connectivity index (χ0) is 13.1. The third kappa shape index (κ3) is 2.81. The number of thioether (sulfide) groups is 1. The van der Waals surface area contributed by atoms with E-state index in [4.69, 9.17) is 4.74 Å². The number of likely N-dealkylation sites (N-methyl/N-ethyl adjacent to an activating group) is 1. The molecule has 3 rings (SSSR count). The number of fused-ring (bicyclic) bond motifs is 1. The van der Waals surface area contributed by atoms with Crippen LogP contribution in [-0.4, -0.2) is 41.8 Å². The van der Waals surface area contributed by atoms with Crippen LogP contribution in [0.3, 0.4) is 0 Å². The molecule has 0 aromatic carbocycles. The van der Waals surface area contributed by atoms with Gasteiger partial charge >= 0.3 is 0 Å². The molecule has 2 aliphatic rings. The van der Waals surface area contributed by atoms with E-state index in [9.17, 15) is 0 Å². The number of hydrogen-bond donors (Lipinski definition) is 1. The average Bonchev–Trinajstić information content (AvgIpc) is 2.89. The summed E-state index contributed by atoms with van der Waals surface area (Å²) in [5.74, 6) is 2.76. The van der Waals surface area contributed by atoms with E-state index < -0.39 is 0 Å². The summed E-state index contributed by atoms with van der Waals surface area (Å²) in [4.78, 5) is 4.64. The van der Waals surface area contributed by atoms with Gasteiger partial charge in [-0.15, -0.1) is 0 Å². The van der Waals surface area contributed by atoms with Crippen LogP contribution in [0.25, 0.3) is 0 Å². The van der Waals surface area contributed by atoms with Gasteiger partial charge in [-0.25, -0.2) is 0 Å². The maximum absolute atomic E-state index is 6.01. The van der Waals surface area contributed by atoms with E-state index >= 15 is 0 Å². The van der Waals surface area contributed by atoms with E-state index in [1.807, 2.05) is 18.0 Å². The Labute approximate surface area is 119 Å². The third-order valence-corrected chi connectivity index (χ3v) is 5.14. The molecular formula is C15H22N2OS. The summed E-state index contributed by atoms with van der Waals surface area (Å²) in [7, 11) is 0. The SMILES string of the molecule is CCNC(C1CSCCO1)C1CCc2cccnc21. The summed E-state index contributed by atoms with van der Waals surface area (Å²) in [5.41, 5.74) is 2.73. The Kier molecular flexibility index (Phi) is 4.41. The molecule has 4 heteroatoms. The zero-order valence-electron chi connectivity index (χ0n) is 11.5. The maximum atomic E-state index is 6.01. The fraction of sp³-hybridized carbons (Fsp3) is 0.667. The first kappa shape index (κ1) is 13.4. The largest absolute Gasteiger partial charge is 0.375 e. The molecule has 1 aromatic rings. The van der Waals surface area contributed by atoms with Gasteiger partial charge in [0.25, 0.3) is 0 Å². The first-order valence-corrected chi connectivity index (χ1v) is 8.42. The Morgan fingerprint density at radius 3 is 3.32 bits per heavy atom. The van der Waals surface area contributed by atoms with Crippen LogP contribution in [0.1, 0.15) is 30.5 Å². The number of ether oxygens (including phenoxy) is 1. The minimum absolute atomic E-state index is 0.330. The van der Waals surface area contributed by atoms with Gasteiger partial charge in [0, 0.05) is 35.4 Å². The highest BCUT2D eigenvalue weighted by molar-refractivity contribution is 7.99. The zero-order valence-corrected chi connectivity index (χ0v) is 12.3. The molecule has 0 amide bonds. The minimum Gasteiger partial charge on any atom is -0.375 e. The Hall–Kier alpha value is -0.580. The predicted octanol–water partition coefficient (Wildman–Crippen LogP) is 2.22. The smallest absolute Gasteiger partial charge is 0.0825 e. The van der Waals surface area contributed by atoms with Crippen molar-refractivity contribution in [2.75, 3.05) is 24.7 Å². The summed E-state index contributed by atoms with van der Waals surface area (Å²) in [6.07, 6.45) is 4.62. The number of pyridine rings is 1. The van der Waals surface area contributed by atoms with Gasteiger partial charge in [0.15, 0.2) is 0 Å². The molecule has 2 heterocycles. The molecule has 3 atom stereocenters. The van der Waals surface area contributed by atoms with E-state index in [-0.39, 0.29) is 0 Å². The highest BCUT2D eigenvalue weighted by atomic mass is 32.2. The van der Waals surface area contributed by atoms with Crippen molar-refractivity contribution >= 4 is 11.8 Å². The van der Waals surface area contributed by atoms with E-state index in [1.54, 1.807) is 0 Å². The fourth-order valence-corrected chi connectivity index (χ4v) is 4.19. The minimum atomic E-state index is 0.330. The maximum Gasteiger partial charge on any atom is 0.0825 e. The van der Waals surface area contributed by atoms with Crippen LogP contribution in [0, 0.1) is 0 Å². The summed E-state index contributed by atoms with van der Waals surface area (Å²) >= 11 is 2.01. The lowest BCUT2D eigenvalue weighted by Gasteiger charge is -2.34. The second-order valence-corrected chi connectivity index (χ2v) is 6.41. The monoisotopic (exact) mass is 278 g/mol. The molecular weight excluding hydrogens is 256 g/mol. The number of aromatic nitrogens is 1. The van der Waals surface area contributed by atoms with Gasteiger partial charge in [-0.05, 0) is 31.0 Å². The molecule has 1 aliphatic heterocycles. The molecule has 3 unspecified atom stereocenters. The van der Waals surface area contributed by atoms with Crippen LogP contribution in [0.15, 0.2) is 18.3 Å². The molecule has 104 valence electrons. The van der Waals surface area contributed by atoms with Gasteiger partial charge in [-0.2, -0.15) is 11.8 Å². The molecule has 1 N–H and O–H groups in total. The Morgan fingerprint density at radius 2 is 2.53 bits per heavy atom. The number of nitrogens with zero attached hydrogens (tertiary/aromatic N) is 1. The summed E-state index contributed by atoms with van der Waals surface area (Å²) in [5, 5.41) is 3.66. The van der Waals surface area contributed by atoms with Crippen molar-refractivity contribution in [2.45, 2.75) is 37.8 Å². The predicted molar refractivity (Wildman–Crippen MR) is 79.8 cm³/mol. The second-order valence-electron chi connectivity index (χ2n) is 5.26. The molecule has 0 saturated carbocycles. The van der Waals surface area contributed by atoms with Crippen molar-refractivity contribution in [3.8, 4) is 0 Å². The Bertz CT molecular complexity index is 420. The third-order valence-electron chi connectivity index (χ3n) is 4.12. The lowest BCUT2D eigenvalue weighted by atomic mass is 9.92. The summed E-state index contributed by atoms with van der Waals surface area (Å²) in [6.45, 7) is 4.06. The molecule has 1 fully saturated rings. The lowest BCUT2D eigenvalue weighted by molar-refractivity contribution is 0.0395. The Morgan fingerprint density at radius 1 is 1.58 bits per heavy atom. The first-order chi connectivity index (χ1) is 9.40. The van der Waals surface area contributed by atoms with Gasteiger partial charge in [0.05, 0.1) is 12.7 Å². The number of hydrogen-bond acceptors (Lipinski definition) is 4. The van der Waals surface area contributed by atoms with Gasteiger partial charge in [-0.1, -0.05) is 13.0 Å². The van der Waals surface area contributed by atoms with Crippen LogP contribution in [0.2, 0.25) is 0 Å². The fourth-order valence-electron chi connectivity index (χ4n) is 3.28. The van der Waals surface area contributed by atoms with Crippen molar-refractivity contribution in [2.24, 2.45) is 0 Å². The number of aryl methyl sites for hydroxylation is 1. The number of rotatable bonds is 4. The first-order valence-electron chi connectivity index (χ1n) is 7.26. The topological polar surface area (TPSA) is 34.1 Å². The van der Waals surface area contributed by atoms with E-state index in [0.717, 1.165) is 31.1 Å². The normalized spacial score (nSPS) is 28.1. The van der Waals surface area contributed by atoms with Gasteiger partial charge < -0.3 is 10.1 Å². The van der Waals surface area contributed by atoms with Crippen LogP contribution in [-0.2, 0) is 11.2 Å². The molecule has 3 nitrogen and oxygen atoms in total. The number of nitrogens with one attached hydrogen (secondary N) is 1. The van der Waals surface area contributed by atoms with Crippen LogP contribution >= 0.6 is 11.8 Å². The standard InChI is InChI=1S/C15H22N2OS/c1-2-16-15(13-10-19-9-8-18-13)12-6-5-11-4-3-7-17-14(11)12/h3-4,7,12-13,15-16H,2,5-6,8-10H2,1H3. The van der Waals surface area contributed by atoms with E-state index in [0.29, 0.717) is 18.1 Å². The molecule has 0 spiro atoms. The van der Waals surface area contributed by atoms with Crippen molar-refractivity contribution in [1.29, 1.82) is 0 Å². The van der Waals surface area contributed by atoms with Crippen molar-refractivity contribution in [3.05, 3.63) is 29.6 Å². The highest BCUT2D eigenvalue weighted by Gasteiger charge is 2.36. The van der Waals surface area contributed by atoms with Gasteiger partial charge in [0.2, 0.25) is 0 Å². The van der Waals surface area contributed by atoms with Crippen molar-refractivity contribution in [1.82, 2.24) is 10.3 Å². The van der Waals surface area contributed by atoms with Crippen LogP contribution in [0.4, 0.5) is 0 Å². The summed E-state index contributed by atoms with van der Waals surface area (Å²) in [6, 6.07) is 4.69. The van der Waals surface area contributed by atoms with Crippen LogP contribution < -0.4 is 5.32 Å². The second kappa shape index (κ2) is 6.25. The highest BCUT2D eigenvalue weighted by Crippen LogP contribution is 2.36. The summed E-state index contributed by atoms with van der Waals surface area (Å²) < 4.78 is 6.01. The van der Waals surface area contributed by atoms with Gasteiger partial charge in [-0.3, -0.25) is 4.98 Å². The molecule has 1 aromatic heterocycles. The Balaban J connectivity index is 1.80. The van der Waals surface area contributed by atoms with E-state index in [1.165, 1.54) is 17.7 Å². The molecule has 19 heavy (non-hydrogen) atoms. The van der Waals surface area contributed by atoms with Gasteiger partial charge in [0.1, 0.15) is 0 Å². The lowest BCUT2D eigenvalue weighted by Crippen LogP contribution is -2.48.